The quantitative estimate of drug-likeness (QED) is 0.118. The average molecular weight is 586 g/mol. The van der Waals surface area contributed by atoms with Gasteiger partial charge in [0, 0.05) is 45.8 Å². The van der Waals surface area contributed by atoms with Crippen molar-refractivity contribution in [3.8, 4) is 11.1 Å². The number of rotatable bonds is 5. The topological polar surface area (TPSA) is 18.8 Å². The van der Waals surface area contributed by atoms with Crippen molar-refractivity contribution in [1.82, 2.24) is 0 Å². The van der Waals surface area contributed by atoms with Gasteiger partial charge in [-0.15, -0.1) is 0 Å². The summed E-state index contributed by atoms with van der Waals surface area (Å²) in [6, 6.07) is 32.3. The van der Waals surface area contributed by atoms with Crippen LogP contribution in [-0.4, -0.2) is 39.3 Å². The Morgan fingerprint density at radius 3 is 1.69 bits per heavy atom. The van der Waals surface area contributed by atoms with Gasteiger partial charge in [-0.3, -0.25) is 4.99 Å². The number of nitrogens with zero attached hydrogens (tertiary/aromatic N) is 3. The lowest BCUT2D eigenvalue weighted by molar-refractivity contribution is 1.13. The minimum atomic E-state index is 0.956. The number of aliphatic imine (C=N–C) groups is 1. The fourth-order valence-electron chi connectivity index (χ4n) is 4.37. The SMILES string of the molecule is CI.CN(C)c1ccc(C=Nc2ccc3c(c2)/C(=C/c2ccc(N(C)C)cc2)c2ccccc2-3)cc1. The molecule has 0 radical (unpaired) electrons. The molecule has 0 saturated heterocycles. The van der Waals surface area contributed by atoms with Gasteiger partial charge in [0.05, 0.1) is 5.69 Å². The highest BCUT2D eigenvalue weighted by Gasteiger charge is 2.23. The molecule has 1 aliphatic carbocycles. The van der Waals surface area contributed by atoms with Crippen LogP contribution in [0.15, 0.2) is 96.0 Å². The first-order valence-electron chi connectivity index (χ1n) is 11.9. The maximum absolute atomic E-state index is 4.79. The standard InChI is InChI=1S/C31H29N3.CH3I/c1-33(2)25-14-9-22(10-15-25)19-30-28-8-6-5-7-27(28)29-18-13-24(20-31(29)30)32-21-23-11-16-26(17-12-23)34(3)4;1-2/h5-21H,1-4H3;1H3/b30-19+,32-21?;. The van der Waals surface area contributed by atoms with Crippen molar-refractivity contribution in [1.29, 1.82) is 0 Å². The number of anilines is 2. The van der Waals surface area contributed by atoms with E-state index >= 15 is 0 Å². The molecular weight excluding hydrogens is 553 g/mol. The molecule has 0 amide bonds. The van der Waals surface area contributed by atoms with E-state index in [-0.39, 0.29) is 0 Å². The summed E-state index contributed by atoms with van der Waals surface area (Å²) in [5, 5.41) is 0. The van der Waals surface area contributed by atoms with Crippen molar-refractivity contribution in [2.24, 2.45) is 4.99 Å². The lowest BCUT2D eigenvalue weighted by Gasteiger charge is -2.12. The van der Waals surface area contributed by atoms with Crippen LogP contribution in [0.1, 0.15) is 22.3 Å². The molecule has 0 heterocycles. The van der Waals surface area contributed by atoms with Gasteiger partial charge in [-0.1, -0.05) is 77.2 Å². The number of halogens is 1. The molecule has 0 saturated carbocycles. The molecule has 36 heavy (non-hydrogen) atoms. The number of alkyl halides is 1. The molecule has 0 fully saturated rings. The van der Waals surface area contributed by atoms with Gasteiger partial charge in [0.1, 0.15) is 0 Å². The van der Waals surface area contributed by atoms with Crippen molar-refractivity contribution in [3.63, 3.8) is 0 Å². The van der Waals surface area contributed by atoms with Crippen LogP contribution in [0, 0.1) is 0 Å². The molecule has 182 valence electrons. The average Bonchev–Trinajstić information content (AvgIpc) is 3.22. The zero-order valence-electron chi connectivity index (χ0n) is 21.5. The van der Waals surface area contributed by atoms with E-state index in [9.17, 15) is 0 Å². The van der Waals surface area contributed by atoms with E-state index in [1.807, 2.05) is 25.2 Å². The third-order valence-electron chi connectivity index (χ3n) is 6.29. The van der Waals surface area contributed by atoms with Gasteiger partial charge in [0.25, 0.3) is 0 Å². The minimum Gasteiger partial charge on any atom is -0.378 e. The zero-order chi connectivity index (χ0) is 25.7. The highest BCUT2D eigenvalue weighted by Crippen LogP contribution is 2.46. The summed E-state index contributed by atoms with van der Waals surface area (Å²) in [5.74, 6) is 0. The van der Waals surface area contributed by atoms with Crippen LogP contribution in [0.25, 0.3) is 22.8 Å². The Kier molecular flexibility index (Phi) is 8.26. The first-order chi connectivity index (χ1) is 17.5. The highest BCUT2D eigenvalue weighted by atomic mass is 127. The predicted molar refractivity (Wildman–Crippen MR) is 168 cm³/mol. The van der Waals surface area contributed by atoms with Crippen LogP contribution in [0.5, 0.6) is 0 Å². The lowest BCUT2D eigenvalue weighted by Crippen LogP contribution is -2.08. The zero-order valence-corrected chi connectivity index (χ0v) is 23.7. The largest absolute Gasteiger partial charge is 0.378 e. The van der Waals surface area contributed by atoms with E-state index < -0.39 is 0 Å². The Hall–Kier alpha value is -3.38. The second-order valence-corrected chi connectivity index (χ2v) is 9.06. The van der Waals surface area contributed by atoms with Crippen LogP contribution in [0.2, 0.25) is 0 Å². The van der Waals surface area contributed by atoms with Crippen LogP contribution in [0.3, 0.4) is 0 Å². The van der Waals surface area contributed by atoms with E-state index in [0.29, 0.717) is 0 Å². The Balaban J connectivity index is 0.00000148. The van der Waals surface area contributed by atoms with Crippen LogP contribution in [0.4, 0.5) is 17.1 Å². The van der Waals surface area contributed by atoms with Gasteiger partial charge < -0.3 is 9.80 Å². The fourth-order valence-corrected chi connectivity index (χ4v) is 4.37. The fraction of sp³-hybridized carbons (Fsp3) is 0.156. The first kappa shape index (κ1) is 25.7. The maximum Gasteiger partial charge on any atom is 0.0636 e. The third kappa shape index (κ3) is 5.54. The summed E-state index contributed by atoms with van der Waals surface area (Å²) in [5.41, 5.74) is 11.9. The molecule has 0 atom stereocenters. The molecule has 0 unspecified atom stereocenters. The van der Waals surface area contributed by atoms with E-state index in [1.165, 1.54) is 44.8 Å². The van der Waals surface area contributed by atoms with Crippen molar-refractivity contribution in [2.45, 2.75) is 0 Å². The minimum absolute atomic E-state index is 0.956. The summed E-state index contributed by atoms with van der Waals surface area (Å²) >= 11 is 2.15. The van der Waals surface area contributed by atoms with Crippen molar-refractivity contribution in [2.75, 3.05) is 42.9 Å². The Morgan fingerprint density at radius 1 is 0.583 bits per heavy atom. The van der Waals surface area contributed by atoms with Gasteiger partial charge in [-0.05, 0) is 86.4 Å². The molecule has 3 nitrogen and oxygen atoms in total. The summed E-state index contributed by atoms with van der Waals surface area (Å²) in [6.07, 6.45) is 4.23. The summed E-state index contributed by atoms with van der Waals surface area (Å²) in [7, 11) is 8.23. The number of hydrogen-bond acceptors (Lipinski definition) is 3. The van der Waals surface area contributed by atoms with Gasteiger partial charge in [0.15, 0.2) is 0 Å². The van der Waals surface area contributed by atoms with Gasteiger partial charge in [-0.2, -0.15) is 0 Å². The smallest absolute Gasteiger partial charge is 0.0636 e. The van der Waals surface area contributed by atoms with Crippen molar-refractivity contribution in [3.05, 3.63) is 113 Å². The molecule has 4 aromatic rings. The summed E-state index contributed by atoms with van der Waals surface area (Å²) in [4.78, 5) is 11.0. The number of benzene rings is 4. The Bertz CT molecular complexity index is 1380. The highest BCUT2D eigenvalue weighted by molar-refractivity contribution is 14.1. The second kappa shape index (κ2) is 11.6. The molecular formula is C32H32IN3. The van der Waals surface area contributed by atoms with Crippen LogP contribution < -0.4 is 9.80 Å². The molecule has 5 rings (SSSR count). The maximum atomic E-state index is 4.79. The van der Waals surface area contributed by atoms with E-state index in [4.69, 9.17) is 4.99 Å². The van der Waals surface area contributed by atoms with Gasteiger partial charge in [-0.25, -0.2) is 0 Å². The van der Waals surface area contributed by atoms with Crippen molar-refractivity contribution >= 4 is 57.5 Å². The molecule has 4 aromatic carbocycles. The van der Waals surface area contributed by atoms with Crippen LogP contribution >= 0.6 is 22.6 Å². The number of hydrogen-bond donors (Lipinski definition) is 0. The van der Waals surface area contributed by atoms with E-state index in [1.54, 1.807) is 0 Å². The predicted octanol–water partition coefficient (Wildman–Crippen LogP) is 8.19. The molecule has 0 spiro atoms. The third-order valence-corrected chi connectivity index (χ3v) is 6.29. The molecule has 0 aliphatic heterocycles. The summed E-state index contributed by atoms with van der Waals surface area (Å²) < 4.78 is 0. The van der Waals surface area contributed by atoms with E-state index in [0.717, 1.165) is 11.3 Å². The lowest BCUT2D eigenvalue weighted by atomic mass is 10.0. The molecule has 0 N–H and O–H groups in total. The molecule has 4 heteroatoms. The van der Waals surface area contributed by atoms with Gasteiger partial charge in [0.2, 0.25) is 0 Å². The van der Waals surface area contributed by atoms with Crippen LogP contribution in [-0.2, 0) is 0 Å². The molecule has 0 bridgehead atoms. The second-order valence-electron chi connectivity index (χ2n) is 9.06. The number of fused-ring (bicyclic) bond motifs is 3. The molecule has 1 aliphatic rings. The first-order valence-corrected chi connectivity index (χ1v) is 14.1. The Labute approximate surface area is 229 Å². The van der Waals surface area contributed by atoms with Gasteiger partial charge >= 0.3 is 0 Å². The summed E-state index contributed by atoms with van der Waals surface area (Å²) in [6.45, 7) is 0. The normalized spacial score (nSPS) is 12.7. The molecule has 0 aromatic heterocycles. The monoisotopic (exact) mass is 585 g/mol. The van der Waals surface area contributed by atoms with Crippen molar-refractivity contribution < 1.29 is 0 Å². The van der Waals surface area contributed by atoms with E-state index in [2.05, 4.69) is 144 Å². The Morgan fingerprint density at radius 2 is 1.11 bits per heavy atom.